The Morgan fingerprint density at radius 1 is 0.727 bits per heavy atom. The van der Waals surface area contributed by atoms with Crippen LogP contribution in [-0.4, -0.2) is 0 Å². The van der Waals surface area contributed by atoms with Crippen molar-refractivity contribution in [1.29, 1.82) is 0 Å². The van der Waals surface area contributed by atoms with Crippen LogP contribution in [0, 0.1) is 5.41 Å². The lowest BCUT2D eigenvalue weighted by molar-refractivity contribution is 0.518. The van der Waals surface area contributed by atoms with Crippen LogP contribution in [0.25, 0.3) is 11.6 Å². The van der Waals surface area contributed by atoms with E-state index in [2.05, 4.69) is 99.7 Å². The lowest BCUT2D eigenvalue weighted by atomic mass is 9.87. The molecule has 2 aromatic rings. The molecule has 0 heterocycles. The maximum absolute atomic E-state index is 2.34. The number of rotatable bonds is 2. The smallest absolute Gasteiger partial charge is 0.0108 e. The van der Waals surface area contributed by atoms with E-state index < -0.39 is 0 Å². The third kappa shape index (κ3) is 3.12. The van der Waals surface area contributed by atoms with Crippen LogP contribution in [0.1, 0.15) is 31.9 Å². The Hall–Kier alpha value is -2.34. The molecule has 0 bridgehead atoms. The van der Waals surface area contributed by atoms with Gasteiger partial charge in [0, 0.05) is 0 Å². The third-order valence-corrected chi connectivity index (χ3v) is 3.99. The van der Waals surface area contributed by atoms with E-state index in [0.717, 1.165) is 0 Å². The van der Waals surface area contributed by atoms with E-state index >= 15 is 0 Å². The first kappa shape index (κ1) is 14.6. The average Bonchev–Trinajstić information content (AvgIpc) is 2.93. The van der Waals surface area contributed by atoms with Crippen LogP contribution in [0.15, 0.2) is 84.0 Å². The summed E-state index contributed by atoms with van der Waals surface area (Å²) in [6.07, 6.45) is 6.94. The number of hydrogen-bond acceptors (Lipinski definition) is 0. The maximum Gasteiger partial charge on any atom is -0.0108 e. The zero-order valence-electron chi connectivity index (χ0n) is 13.5. The van der Waals surface area contributed by atoms with Crippen molar-refractivity contribution in [2.24, 2.45) is 5.41 Å². The molecule has 1 aliphatic carbocycles. The van der Waals surface area contributed by atoms with Gasteiger partial charge in [0.2, 0.25) is 0 Å². The van der Waals surface area contributed by atoms with Crippen LogP contribution in [-0.2, 0) is 0 Å². The first-order chi connectivity index (χ1) is 10.5. The highest BCUT2D eigenvalue weighted by atomic mass is 14.3. The Balaban J connectivity index is 2.08. The van der Waals surface area contributed by atoms with Gasteiger partial charge in [-0.25, -0.2) is 0 Å². The largest absolute Gasteiger partial charge is 0.0622 e. The fourth-order valence-corrected chi connectivity index (χ4v) is 2.67. The van der Waals surface area contributed by atoms with Crippen molar-refractivity contribution in [3.63, 3.8) is 0 Å². The van der Waals surface area contributed by atoms with Gasteiger partial charge >= 0.3 is 0 Å². The SMILES string of the molecule is CC(C)(C)C1=C/C(=C/c2ccccc2)C(c2ccccc2)=C1. The van der Waals surface area contributed by atoms with Gasteiger partial charge in [0.1, 0.15) is 0 Å². The van der Waals surface area contributed by atoms with Crippen molar-refractivity contribution in [2.45, 2.75) is 20.8 Å². The lowest BCUT2D eigenvalue weighted by Crippen LogP contribution is -2.05. The van der Waals surface area contributed by atoms with Gasteiger partial charge in [-0.3, -0.25) is 0 Å². The molecule has 0 nitrogen and oxygen atoms in total. The molecule has 1 aliphatic rings. The first-order valence-electron chi connectivity index (χ1n) is 7.80. The van der Waals surface area contributed by atoms with E-state index in [-0.39, 0.29) is 5.41 Å². The molecule has 22 heavy (non-hydrogen) atoms. The van der Waals surface area contributed by atoms with E-state index in [9.17, 15) is 0 Å². The molecular formula is C22H22. The second-order valence-electron chi connectivity index (χ2n) is 6.78. The number of allylic oxidation sites excluding steroid dienone is 5. The molecule has 0 N–H and O–H groups in total. The zero-order valence-corrected chi connectivity index (χ0v) is 13.5. The Morgan fingerprint density at radius 2 is 1.32 bits per heavy atom. The minimum Gasteiger partial charge on any atom is -0.0622 e. The topological polar surface area (TPSA) is 0 Å². The molecule has 0 saturated heterocycles. The van der Waals surface area contributed by atoms with E-state index in [4.69, 9.17) is 0 Å². The Morgan fingerprint density at radius 3 is 1.91 bits per heavy atom. The molecule has 0 spiro atoms. The molecule has 0 radical (unpaired) electrons. The highest BCUT2D eigenvalue weighted by Crippen LogP contribution is 2.40. The van der Waals surface area contributed by atoms with E-state index in [1.54, 1.807) is 0 Å². The zero-order chi connectivity index (χ0) is 15.6. The molecule has 3 rings (SSSR count). The van der Waals surface area contributed by atoms with Crippen LogP contribution in [0.5, 0.6) is 0 Å². The van der Waals surface area contributed by atoms with Gasteiger partial charge in [-0.1, -0.05) is 93.6 Å². The minimum absolute atomic E-state index is 0.159. The fourth-order valence-electron chi connectivity index (χ4n) is 2.67. The van der Waals surface area contributed by atoms with Gasteiger partial charge in [-0.15, -0.1) is 0 Å². The van der Waals surface area contributed by atoms with Gasteiger partial charge in [-0.05, 0) is 39.3 Å². The average molecular weight is 286 g/mol. The molecule has 2 aromatic carbocycles. The molecule has 0 fully saturated rings. The van der Waals surface area contributed by atoms with E-state index in [1.165, 1.54) is 27.8 Å². The highest BCUT2D eigenvalue weighted by Gasteiger charge is 2.22. The Kier molecular flexibility index (Phi) is 3.85. The van der Waals surface area contributed by atoms with Crippen LogP contribution < -0.4 is 0 Å². The summed E-state index contributed by atoms with van der Waals surface area (Å²) in [5.41, 5.74) is 6.67. The van der Waals surface area contributed by atoms with Crippen LogP contribution in [0.4, 0.5) is 0 Å². The molecule has 0 amide bonds. The van der Waals surface area contributed by atoms with E-state index in [1.807, 2.05) is 0 Å². The second-order valence-corrected chi connectivity index (χ2v) is 6.78. The molecule has 0 aliphatic heterocycles. The molecular weight excluding hydrogens is 264 g/mol. The normalized spacial score (nSPS) is 16.6. The molecule has 0 saturated carbocycles. The number of hydrogen-bond donors (Lipinski definition) is 0. The summed E-state index contributed by atoms with van der Waals surface area (Å²) in [7, 11) is 0. The van der Waals surface area contributed by atoms with Gasteiger partial charge in [0.05, 0.1) is 0 Å². The minimum atomic E-state index is 0.159. The lowest BCUT2D eigenvalue weighted by Gasteiger charge is -2.18. The van der Waals surface area contributed by atoms with Crippen molar-refractivity contribution in [3.8, 4) is 0 Å². The summed E-state index contributed by atoms with van der Waals surface area (Å²) < 4.78 is 0. The fraction of sp³-hybridized carbons (Fsp3) is 0.182. The standard InChI is InChI=1S/C22H22/c1-22(2,3)20-15-19(14-17-10-6-4-7-11-17)21(16-20)18-12-8-5-9-13-18/h4-16H,1-3H3/b19-14-. The van der Waals surface area contributed by atoms with Gasteiger partial charge < -0.3 is 0 Å². The summed E-state index contributed by atoms with van der Waals surface area (Å²) in [5.74, 6) is 0. The number of benzene rings is 2. The van der Waals surface area contributed by atoms with Gasteiger partial charge in [-0.2, -0.15) is 0 Å². The predicted molar refractivity (Wildman–Crippen MR) is 96.4 cm³/mol. The maximum atomic E-state index is 2.34. The van der Waals surface area contributed by atoms with Crippen LogP contribution in [0.3, 0.4) is 0 Å². The van der Waals surface area contributed by atoms with Crippen molar-refractivity contribution in [2.75, 3.05) is 0 Å². The van der Waals surface area contributed by atoms with E-state index in [0.29, 0.717) is 0 Å². The molecule has 0 unspecified atom stereocenters. The van der Waals surface area contributed by atoms with Crippen molar-refractivity contribution in [1.82, 2.24) is 0 Å². The van der Waals surface area contributed by atoms with Crippen LogP contribution in [0.2, 0.25) is 0 Å². The molecule has 0 heteroatoms. The summed E-state index contributed by atoms with van der Waals surface area (Å²) in [6, 6.07) is 21.2. The van der Waals surface area contributed by atoms with Crippen molar-refractivity contribution >= 4 is 11.6 Å². The summed E-state index contributed by atoms with van der Waals surface area (Å²) in [6.45, 7) is 6.80. The second kappa shape index (κ2) is 5.81. The predicted octanol–water partition coefficient (Wildman–Crippen LogP) is 6.14. The van der Waals surface area contributed by atoms with Crippen molar-refractivity contribution < 1.29 is 0 Å². The third-order valence-electron chi connectivity index (χ3n) is 3.99. The summed E-state index contributed by atoms with van der Waals surface area (Å²) in [4.78, 5) is 0. The first-order valence-corrected chi connectivity index (χ1v) is 7.80. The Labute approximate surface area is 133 Å². The van der Waals surface area contributed by atoms with Gasteiger partial charge in [0.15, 0.2) is 0 Å². The quantitative estimate of drug-likeness (QED) is 0.622. The Bertz CT molecular complexity index is 736. The molecule has 110 valence electrons. The van der Waals surface area contributed by atoms with Crippen molar-refractivity contribution in [3.05, 3.63) is 95.1 Å². The summed E-state index contributed by atoms with van der Waals surface area (Å²) in [5, 5.41) is 0. The van der Waals surface area contributed by atoms with Crippen LogP contribution >= 0.6 is 0 Å². The monoisotopic (exact) mass is 286 g/mol. The highest BCUT2D eigenvalue weighted by molar-refractivity contribution is 5.92. The molecule has 0 atom stereocenters. The van der Waals surface area contributed by atoms with Gasteiger partial charge in [0.25, 0.3) is 0 Å². The molecule has 0 aromatic heterocycles. The summed E-state index contributed by atoms with van der Waals surface area (Å²) >= 11 is 0.